The average molecular weight is 213 g/mol. The highest BCUT2D eigenvalue weighted by molar-refractivity contribution is 5.47. The number of hydrogen-bond acceptors (Lipinski definition) is 3. The Bertz CT molecular complexity index is 316. The molecule has 4 heteroatoms. The molecule has 1 atom stereocenters. The second-order valence-corrected chi connectivity index (χ2v) is 3.25. The van der Waals surface area contributed by atoms with E-state index in [4.69, 9.17) is 15.2 Å². The van der Waals surface area contributed by atoms with Gasteiger partial charge in [-0.2, -0.15) is 0 Å². The molecular formula is C11H16FNO2. The summed E-state index contributed by atoms with van der Waals surface area (Å²) in [5.41, 5.74) is 6.61. The van der Waals surface area contributed by atoms with Crippen LogP contribution in [0.1, 0.15) is 17.3 Å². The third-order valence-corrected chi connectivity index (χ3v) is 2.34. The standard InChI is InChI=1S/C11H16FNO2/c1-7-10(14-2)4-8(9(12)6-13)5-11(7)15-3/h4-5,9H,6,13H2,1-3H3. The molecule has 0 amide bonds. The van der Waals surface area contributed by atoms with E-state index < -0.39 is 6.17 Å². The molecule has 1 aromatic carbocycles. The molecule has 0 aliphatic carbocycles. The van der Waals surface area contributed by atoms with Gasteiger partial charge in [0.15, 0.2) is 0 Å². The first-order valence-electron chi connectivity index (χ1n) is 4.70. The summed E-state index contributed by atoms with van der Waals surface area (Å²) in [5, 5.41) is 0. The monoisotopic (exact) mass is 213 g/mol. The van der Waals surface area contributed by atoms with Gasteiger partial charge in [0.1, 0.15) is 17.7 Å². The van der Waals surface area contributed by atoms with Crippen molar-refractivity contribution in [1.29, 1.82) is 0 Å². The Kier molecular flexibility index (Phi) is 3.91. The minimum Gasteiger partial charge on any atom is -0.496 e. The van der Waals surface area contributed by atoms with Crippen LogP contribution in [0.4, 0.5) is 4.39 Å². The molecule has 0 saturated heterocycles. The highest BCUT2D eigenvalue weighted by Gasteiger charge is 2.14. The fourth-order valence-corrected chi connectivity index (χ4v) is 1.42. The number of methoxy groups -OCH3 is 2. The molecule has 1 unspecified atom stereocenters. The van der Waals surface area contributed by atoms with Crippen LogP contribution in [0.2, 0.25) is 0 Å². The maximum atomic E-state index is 13.4. The fraction of sp³-hybridized carbons (Fsp3) is 0.455. The second kappa shape index (κ2) is 4.98. The smallest absolute Gasteiger partial charge is 0.138 e. The lowest BCUT2D eigenvalue weighted by molar-refractivity contribution is 0.344. The minimum atomic E-state index is -1.19. The molecule has 0 heterocycles. The number of ether oxygens (including phenoxy) is 2. The molecule has 0 fully saturated rings. The third-order valence-electron chi connectivity index (χ3n) is 2.34. The van der Waals surface area contributed by atoms with E-state index in [0.717, 1.165) is 5.56 Å². The van der Waals surface area contributed by atoms with Crippen LogP contribution in [0.25, 0.3) is 0 Å². The molecule has 0 saturated carbocycles. The summed E-state index contributed by atoms with van der Waals surface area (Å²) in [6, 6.07) is 3.30. The van der Waals surface area contributed by atoms with Crippen molar-refractivity contribution in [3.63, 3.8) is 0 Å². The van der Waals surface area contributed by atoms with Crippen molar-refractivity contribution in [1.82, 2.24) is 0 Å². The molecule has 0 bridgehead atoms. The molecule has 0 aliphatic rings. The van der Waals surface area contributed by atoms with Crippen molar-refractivity contribution < 1.29 is 13.9 Å². The highest BCUT2D eigenvalue weighted by Crippen LogP contribution is 2.32. The van der Waals surface area contributed by atoms with Crippen LogP contribution in [-0.4, -0.2) is 20.8 Å². The first kappa shape index (κ1) is 11.8. The van der Waals surface area contributed by atoms with Gasteiger partial charge < -0.3 is 15.2 Å². The predicted octanol–water partition coefficient (Wildman–Crippen LogP) is 1.98. The van der Waals surface area contributed by atoms with Crippen LogP contribution < -0.4 is 15.2 Å². The Morgan fingerprint density at radius 3 is 2.07 bits per heavy atom. The second-order valence-electron chi connectivity index (χ2n) is 3.25. The molecule has 0 spiro atoms. The Hall–Kier alpha value is -1.29. The lowest BCUT2D eigenvalue weighted by Gasteiger charge is -2.14. The number of halogens is 1. The largest absolute Gasteiger partial charge is 0.496 e. The van der Waals surface area contributed by atoms with Crippen molar-refractivity contribution in [3.05, 3.63) is 23.3 Å². The molecular weight excluding hydrogens is 197 g/mol. The van der Waals surface area contributed by atoms with Gasteiger partial charge in [0, 0.05) is 12.1 Å². The van der Waals surface area contributed by atoms with Crippen molar-refractivity contribution in [2.75, 3.05) is 20.8 Å². The maximum absolute atomic E-state index is 13.4. The Balaban J connectivity index is 3.20. The van der Waals surface area contributed by atoms with Gasteiger partial charge in [-0.15, -0.1) is 0 Å². The molecule has 0 aromatic heterocycles. The summed E-state index contributed by atoms with van der Waals surface area (Å²) >= 11 is 0. The zero-order valence-electron chi connectivity index (χ0n) is 9.21. The molecule has 1 aromatic rings. The number of alkyl halides is 1. The lowest BCUT2D eigenvalue weighted by atomic mass is 10.1. The van der Waals surface area contributed by atoms with Crippen molar-refractivity contribution in [2.24, 2.45) is 5.73 Å². The van der Waals surface area contributed by atoms with Crippen LogP contribution in [0.3, 0.4) is 0 Å². The molecule has 0 aliphatic heterocycles. The average Bonchev–Trinajstić information content (AvgIpc) is 2.28. The minimum absolute atomic E-state index is 0.0463. The van der Waals surface area contributed by atoms with E-state index in [2.05, 4.69) is 0 Å². The normalized spacial score (nSPS) is 12.3. The topological polar surface area (TPSA) is 44.5 Å². The van der Waals surface area contributed by atoms with Gasteiger partial charge in [-0.3, -0.25) is 0 Å². The third kappa shape index (κ3) is 2.39. The first-order chi connectivity index (χ1) is 7.13. The summed E-state index contributed by atoms with van der Waals surface area (Å²) < 4.78 is 23.7. The number of benzene rings is 1. The van der Waals surface area contributed by atoms with E-state index in [1.165, 1.54) is 0 Å². The lowest BCUT2D eigenvalue weighted by Crippen LogP contribution is -2.08. The molecule has 84 valence electrons. The molecule has 3 nitrogen and oxygen atoms in total. The number of hydrogen-bond donors (Lipinski definition) is 1. The van der Waals surface area contributed by atoms with Gasteiger partial charge in [0.05, 0.1) is 14.2 Å². The van der Waals surface area contributed by atoms with Gasteiger partial charge in [0.2, 0.25) is 0 Å². The molecule has 2 N–H and O–H groups in total. The van der Waals surface area contributed by atoms with Gasteiger partial charge in [-0.25, -0.2) is 4.39 Å². The van der Waals surface area contributed by atoms with Gasteiger partial charge in [-0.05, 0) is 24.6 Å². The summed E-state index contributed by atoms with van der Waals surface area (Å²) in [5.74, 6) is 1.22. The van der Waals surface area contributed by atoms with E-state index >= 15 is 0 Å². The highest BCUT2D eigenvalue weighted by atomic mass is 19.1. The zero-order valence-corrected chi connectivity index (χ0v) is 9.21. The van der Waals surface area contributed by atoms with Crippen LogP contribution in [0.15, 0.2) is 12.1 Å². The fourth-order valence-electron chi connectivity index (χ4n) is 1.42. The summed E-state index contributed by atoms with van der Waals surface area (Å²) in [6.07, 6.45) is -1.19. The van der Waals surface area contributed by atoms with E-state index in [1.54, 1.807) is 26.4 Å². The SMILES string of the molecule is COc1cc(C(F)CN)cc(OC)c1C. The van der Waals surface area contributed by atoms with Gasteiger partial charge >= 0.3 is 0 Å². The quantitative estimate of drug-likeness (QED) is 0.831. The van der Waals surface area contributed by atoms with E-state index in [9.17, 15) is 4.39 Å². The van der Waals surface area contributed by atoms with Crippen molar-refractivity contribution in [3.8, 4) is 11.5 Å². The Morgan fingerprint density at radius 2 is 1.73 bits per heavy atom. The van der Waals surface area contributed by atoms with Crippen LogP contribution >= 0.6 is 0 Å². The van der Waals surface area contributed by atoms with Crippen LogP contribution in [0, 0.1) is 6.92 Å². The van der Waals surface area contributed by atoms with Crippen molar-refractivity contribution in [2.45, 2.75) is 13.1 Å². The number of rotatable bonds is 4. The Morgan fingerprint density at radius 1 is 1.27 bits per heavy atom. The molecule has 1 rings (SSSR count). The van der Waals surface area contributed by atoms with E-state index in [1.807, 2.05) is 6.92 Å². The predicted molar refractivity (Wildman–Crippen MR) is 57.2 cm³/mol. The van der Waals surface area contributed by atoms with Gasteiger partial charge in [-0.1, -0.05) is 0 Å². The summed E-state index contributed by atoms with van der Waals surface area (Å²) in [6.45, 7) is 1.81. The van der Waals surface area contributed by atoms with Crippen LogP contribution in [0.5, 0.6) is 11.5 Å². The van der Waals surface area contributed by atoms with Crippen molar-refractivity contribution >= 4 is 0 Å². The number of nitrogens with two attached hydrogens (primary N) is 1. The summed E-state index contributed by atoms with van der Waals surface area (Å²) in [7, 11) is 3.09. The molecule has 0 radical (unpaired) electrons. The van der Waals surface area contributed by atoms with Gasteiger partial charge in [0.25, 0.3) is 0 Å². The summed E-state index contributed by atoms with van der Waals surface area (Å²) in [4.78, 5) is 0. The Labute approximate surface area is 89.0 Å². The maximum Gasteiger partial charge on any atom is 0.138 e. The molecule has 15 heavy (non-hydrogen) atoms. The van der Waals surface area contributed by atoms with E-state index in [0.29, 0.717) is 17.1 Å². The van der Waals surface area contributed by atoms with Crippen LogP contribution in [-0.2, 0) is 0 Å². The van der Waals surface area contributed by atoms with E-state index in [-0.39, 0.29) is 6.54 Å². The zero-order chi connectivity index (χ0) is 11.4. The first-order valence-corrected chi connectivity index (χ1v) is 4.70.